The van der Waals surface area contributed by atoms with E-state index in [9.17, 15) is 0 Å². The van der Waals surface area contributed by atoms with Gasteiger partial charge in [0, 0.05) is 24.1 Å². The molecule has 0 atom stereocenters. The second-order valence-corrected chi connectivity index (χ2v) is 6.53. The molecule has 0 fully saturated rings. The molecule has 7 heteroatoms. The van der Waals surface area contributed by atoms with Crippen LogP contribution in [0.4, 0.5) is 5.69 Å². The van der Waals surface area contributed by atoms with Crippen LogP contribution in [-0.2, 0) is 6.54 Å². The summed E-state index contributed by atoms with van der Waals surface area (Å²) in [5, 5.41) is 2.62. The van der Waals surface area contributed by atoms with Crippen LogP contribution < -0.4 is 14.3 Å². The average molecular weight is 456 g/mol. The lowest BCUT2D eigenvalue weighted by Crippen LogP contribution is -2.14. The van der Waals surface area contributed by atoms with Gasteiger partial charge >= 0.3 is 0 Å². The number of hydrogen-bond acceptors (Lipinski definition) is 4. The Morgan fingerprint density at radius 2 is 1.77 bits per heavy atom. The lowest BCUT2D eigenvalue weighted by atomic mass is 10.2. The van der Waals surface area contributed by atoms with Crippen LogP contribution in [0.5, 0.6) is 11.5 Å². The second kappa shape index (κ2) is 9.26. The van der Waals surface area contributed by atoms with Gasteiger partial charge in [0.15, 0.2) is 4.80 Å². The summed E-state index contributed by atoms with van der Waals surface area (Å²) in [7, 11) is 3.19. The van der Waals surface area contributed by atoms with Crippen LogP contribution in [0.15, 0.2) is 52.8 Å². The van der Waals surface area contributed by atoms with E-state index >= 15 is 0 Å². The third-order valence-electron chi connectivity index (χ3n) is 3.85. The number of nitrogens with zero attached hydrogens (tertiary/aromatic N) is 2. The third-order valence-corrected chi connectivity index (χ3v) is 5.01. The molecule has 0 spiro atoms. The van der Waals surface area contributed by atoms with E-state index in [0.717, 1.165) is 17.0 Å². The van der Waals surface area contributed by atoms with E-state index in [-0.39, 0.29) is 17.0 Å². The summed E-state index contributed by atoms with van der Waals surface area (Å²) >= 11 is 7.77. The first kappa shape index (κ1) is 20.6. The fourth-order valence-electron chi connectivity index (χ4n) is 2.60. The van der Waals surface area contributed by atoms with Gasteiger partial charge in [0.05, 0.1) is 24.9 Å². The molecule has 0 aliphatic carbocycles. The Hall–Kier alpha value is -1.76. The van der Waals surface area contributed by atoms with E-state index in [1.807, 2.05) is 18.2 Å². The molecule has 0 N–H and O–H groups in total. The van der Waals surface area contributed by atoms with Crippen molar-refractivity contribution in [3.8, 4) is 22.8 Å². The van der Waals surface area contributed by atoms with E-state index in [2.05, 4.69) is 29.0 Å². The maximum absolute atomic E-state index is 6.18. The molecule has 0 bridgehead atoms. The zero-order valence-electron chi connectivity index (χ0n) is 14.7. The molecule has 0 radical (unpaired) electrons. The maximum atomic E-state index is 6.18. The first-order valence-corrected chi connectivity index (χ1v) is 9.13. The molecule has 0 aliphatic rings. The fraction of sp³-hybridized carbons (Fsp3) is 0.211. The van der Waals surface area contributed by atoms with Gasteiger partial charge in [0.25, 0.3) is 0 Å². The minimum absolute atomic E-state index is 0. The van der Waals surface area contributed by atoms with Crippen LogP contribution in [0, 0.1) is 0 Å². The number of halogens is 2. The summed E-state index contributed by atoms with van der Waals surface area (Å²) in [6.07, 6.45) is 0. The summed E-state index contributed by atoms with van der Waals surface area (Å²) in [5.41, 5.74) is 3.00. The van der Waals surface area contributed by atoms with E-state index < -0.39 is 0 Å². The number of ether oxygens (including phenoxy) is 2. The van der Waals surface area contributed by atoms with Crippen LogP contribution in [0.3, 0.4) is 0 Å². The largest absolute Gasteiger partial charge is 0.495 e. The molecule has 2 aromatic carbocycles. The van der Waals surface area contributed by atoms with Crippen molar-refractivity contribution in [2.45, 2.75) is 13.5 Å². The Kier molecular flexibility index (Phi) is 7.32. The Morgan fingerprint density at radius 1 is 1.08 bits per heavy atom. The molecule has 0 unspecified atom stereocenters. The third kappa shape index (κ3) is 4.14. The number of methoxy groups -OCH3 is 2. The van der Waals surface area contributed by atoms with Crippen LogP contribution in [0.25, 0.3) is 11.3 Å². The number of thiazole rings is 1. The number of hydrogen-bond donors (Lipinski definition) is 0. The van der Waals surface area contributed by atoms with Crippen molar-refractivity contribution < 1.29 is 9.47 Å². The Morgan fingerprint density at radius 3 is 2.38 bits per heavy atom. The standard InChI is InChI=1S/C19H19ClN2O2S.BrH/c1-4-22-16(13-8-6-5-7-9-13)12-25-19(22)21-15-11-17(23-2)14(20)10-18(15)24-3;/h5-12H,4H2,1-3H3;1H. The number of aromatic nitrogens is 1. The summed E-state index contributed by atoms with van der Waals surface area (Å²) in [4.78, 5) is 5.69. The van der Waals surface area contributed by atoms with Crippen LogP contribution >= 0.6 is 39.9 Å². The van der Waals surface area contributed by atoms with Gasteiger partial charge in [-0.25, -0.2) is 4.99 Å². The van der Waals surface area contributed by atoms with Crippen molar-refractivity contribution in [3.05, 3.63) is 57.7 Å². The predicted octanol–water partition coefficient (Wildman–Crippen LogP) is 5.72. The highest BCUT2D eigenvalue weighted by molar-refractivity contribution is 8.93. The van der Waals surface area contributed by atoms with Crippen LogP contribution in [0.1, 0.15) is 6.92 Å². The molecule has 1 heterocycles. The smallest absolute Gasteiger partial charge is 0.190 e. The molecule has 0 saturated carbocycles. The molecule has 0 amide bonds. The number of benzene rings is 2. The molecule has 138 valence electrons. The summed E-state index contributed by atoms with van der Waals surface area (Å²) in [5.74, 6) is 1.19. The van der Waals surface area contributed by atoms with Crippen molar-refractivity contribution in [1.82, 2.24) is 4.57 Å². The number of rotatable bonds is 5. The van der Waals surface area contributed by atoms with Gasteiger partial charge in [-0.2, -0.15) is 0 Å². The first-order chi connectivity index (χ1) is 12.2. The van der Waals surface area contributed by atoms with Crippen molar-refractivity contribution in [1.29, 1.82) is 0 Å². The van der Waals surface area contributed by atoms with Gasteiger partial charge in [-0.1, -0.05) is 41.9 Å². The molecule has 3 rings (SSSR count). The van der Waals surface area contributed by atoms with Crippen molar-refractivity contribution in [2.24, 2.45) is 4.99 Å². The Bertz CT molecular complexity index is 938. The molecular formula is C19H20BrClN2O2S. The van der Waals surface area contributed by atoms with Gasteiger partial charge in [0.1, 0.15) is 17.2 Å². The minimum Gasteiger partial charge on any atom is -0.495 e. The second-order valence-electron chi connectivity index (χ2n) is 5.28. The average Bonchev–Trinajstić information content (AvgIpc) is 3.06. The Labute approximate surface area is 172 Å². The molecule has 26 heavy (non-hydrogen) atoms. The van der Waals surface area contributed by atoms with Gasteiger partial charge in [-0.15, -0.1) is 28.3 Å². The monoisotopic (exact) mass is 454 g/mol. The minimum atomic E-state index is 0. The molecular weight excluding hydrogens is 436 g/mol. The van der Waals surface area contributed by atoms with Crippen molar-refractivity contribution in [2.75, 3.05) is 14.2 Å². The SMILES string of the molecule is Br.CCn1c(-c2ccccc2)csc1=Nc1cc(OC)c(Cl)cc1OC. The Balaban J connectivity index is 0.00000243. The van der Waals surface area contributed by atoms with Crippen molar-refractivity contribution >= 4 is 45.6 Å². The highest BCUT2D eigenvalue weighted by Gasteiger charge is 2.11. The lowest BCUT2D eigenvalue weighted by molar-refractivity contribution is 0.404. The normalized spacial score (nSPS) is 11.2. The van der Waals surface area contributed by atoms with E-state index in [1.165, 1.54) is 5.56 Å². The molecule has 1 aromatic heterocycles. The van der Waals surface area contributed by atoms with Crippen molar-refractivity contribution in [3.63, 3.8) is 0 Å². The van der Waals surface area contributed by atoms with E-state index in [0.29, 0.717) is 22.2 Å². The quantitative estimate of drug-likeness (QED) is 0.493. The van der Waals surface area contributed by atoms with E-state index in [4.69, 9.17) is 26.1 Å². The van der Waals surface area contributed by atoms with Crippen LogP contribution in [-0.4, -0.2) is 18.8 Å². The topological polar surface area (TPSA) is 35.8 Å². The summed E-state index contributed by atoms with van der Waals surface area (Å²) in [6.45, 7) is 2.93. The van der Waals surface area contributed by atoms with E-state index in [1.54, 1.807) is 37.7 Å². The highest BCUT2D eigenvalue weighted by Crippen LogP contribution is 2.37. The molecule has 3 aromatic rings. The summed E-state index contributed by atoms with van der Waals surface area (Å²) < 4.78 is 12.9. The maximum Gasteiger partial charge on any atom is 0.190 e. The fourth-order valence-corrected chi connectivity index (χ4v) is 3.82. The van der Waals surface area contributed by atoms with Crippen LogP contribution in [0.2, 0.25) is 5.02 Å². The van der Waals surface area contributed by atoms with Gasteiger partial charge in [-0.3, -0.25) is 0 Å². The van der Waals surface area contributed by atoms with Gasteiger partial charge < -0.3 is 14.0 Å². The lowest BCUT2D eigenvalue weighted by Gasteiger charge is -2.09. The molecule has 0 saturated heterocycles. The first-order valence-electron chi connectivity index (χ1n) is 7.88. The zero-order valence-corrected chi connectivity index (χ0v) is 18.0. The summed E-state index contributed by atoms with van der Waals surface area (Å²) in [6, 6.07) is 13.8. The predicted molar refractivity (Wildman–Crippen MR) is 114 cm³/mol. The zero-order chi connectivity index (χ0) is 17.8. The molecule has 4 nitrogen and oxygen atoms in total. The highest BCUT2D eigenvalue weighted by atomic mass is 79.9. The molecule has 0 aliphatic heterocycles. The van der Waals surface area contributed by atoms with Gasteiger partial charge in [0.2, 0.25) is 0 Å². The van der Waals surface area contributed by atoms with Gasteiger partial charge in [-0.05, 0) is 12.5 Å².